The summed E-state index contributed by atoms with van der Waals surface area (Å²) >= 11 is 0. The Balaban J connectivity index is 1.13. The summed E-state index contributed by atoms with van der Waals surface area (Å²) in [7, 11) is 0. The number of hydrogen-bond acceptors (Lipinski definition) is 2. The fourth-order valence-electron chi connectivity index (χ4n) is 8.72. The second-order valence-corrected chi connectivity index (χ2v) is 14.0. The number of hydrogen-bond donors (Lipinski definition) is 0. The van der Waals surface area contributed by atoms with E-state index in [-0.39, 0.29) is 0 Å². The average molecular weight is 700 g/mol. The molecule has 0 aliphatic heterocycles. The van der Waals surface area contributed by atoms with E-state index >= 15 is 0 Å². The minimum Gasteiger partial charge on any atom is -0.309 e. The van der Waals surface area contributed by atoms with Crippen LogP contribution in [-0.2, 0) is 0 Å². The molecule has 0 fully saturated rings. The van der Waals surface area contributed by atoms with Crippen molar-refractivity contribution in [1.82, 2.24) is 13.7 Å². The molecule has 0 unspecified atom stereocenters. The number of aromatic nitrogens is 3. The van der Waals surface area contributed by atoms with Gasteiger partial charge in [0.25, 0.3) is 0 Å². The van der Waals surface area contributed by atoms with Gasteiger partial charge in [-0.3, -0.25) is 0 Å². The molecular formula is C50H29N5. The van der Waals surface area contributed by atoms with Crippen molar-refractivity contribution in [3.8, 4) is 40.3 Å². The number of para-hydroxylation sites is 3. The van der Waals surface area contributed by atoms with Gasteiger partial charge in [-0.15, -0.1) is 0 Å². The molecular weight excluding hydrogens is 671 g/mol. The molecule has 55 heavy (non-hydrogen) atoms. The van der Waals surface area contributed by atoms with Crippen LogP contribution in [0.3, 0.4) is 0 Å². The monoisotopic (exact) mass is 699 g/mol. The zero-order valence-electron chi connectivity index (χ0n) is 29.5. The van der Waals surface area contributed by atoms with Crippen LogP contribution in [0.1, 0.15) is 11.1 Å². The first-order valence-electron chi connectivity index (χ1n) is 18.3. The summed E-state index contributed by atoms with van der Waals surface area (Å²) in [4.78, 5) is 0. The zero-order chi connectivity index (χ0) is 36.6. The van der Waals surface area contributed by atoms with E-state index in [0.29, 0.717) is 11.1 Å². The Hall–Kier alpha value is -7.86. The molecule has 0 saturated heterocycles. The molecule has 5 nitrogen and oxygen atoms in total. The quantitative estimate of drug-likeness (QED) is 0.184. The third kappa shape index (κ3) is 4.51. The molecule has 254 valence electrons. The van der Waals surface area contributed by atoms with Crippen molar-refractivity contribution in [3.05, 3.63) is 187 Å². The lowest BCUT2D eigenvalue weighted by Gasteiger charge is -2.13. The summed E-state index contributed by atoms with van der Waals surface area (Å²) in [5.74, 6) is 0. The van der Waals surface area contributed by atoms with E-state index in [4.69, 9.17) is 0 Å². The molecule has 0 aliphatic rings. The van der Waals surface area contributed by atoms with Gasteiger partial charge in [-0.2, -0.15) is 10.5 Å². The van der Waals surface area contributed by atoms with E-state index in [9.17, 15) is 10.5 Å². The maximum Gasteiger partial charge on any atom is 0.0991 e. The van der Waals surface area contributed by atoms with Crippen LogP contribution in [0.4, 0.5) is 0 Å². The molecule has 0 saturated carbocycles. The molecule has 11 aromatic rings. The average Bonchev–Trinajstić information content (AvgIpc) is 3.89. The first-order chi connectivity index (χ1) is 27.2. The van der Waals surface area contributed by atoms with Gasteiger partial charge >= 0.3 is 0 Å². The predicted octanol–water partition coefficient (Wildman–Crippen LogP) is 12.4. The van der Waals surface area contributed by atoms with Gasteiger partial charge in [-0.05, 0) is 102 Å². The second kappa shape index (κ2) is 11.8. The van der Waals surface area contributed by atoms with E-state index in [2.05, 4.69) is 171 Å². The van der Waals surface area contributed by atoms with Gasteiger partial charge in [-0.25, -0.2) is 0 Å². The van der Waals surface area contributed by atoms with Crippen molar-refractivity contribution >= 4 is 65.4 Å². The molecule has 0 bridgehead atoms. The van der Waals surface area contributed by atoms with E-state index in [1.165, 1.54) is 10.8 Å². The molecule has 0 aliphatic carbocycles. The van der Waals surface area contributed by atoms with Gasteiger partial charge in [0, 0.05) is 49.4 Å². The Morgan fingerprint density at radius 2 is 0.818 bits per heavy atom. The van der Waals surface area contributed by atoms with E-state index in [1.807, 2.05) is 30.3 Å². The highest BCUT2D eigenvalue weighted by Crippen LogP contribution is 2.43. The molecule has 3 aromatic heterocycles. The van der Waals surface area contributed by atoms with Crippen LogP contribution in [-0.4, -0.2) is 13.7 Å². The molecule has 3 heterocycles. The lowest BCUT2D eigenvalue weighted by atomic mass is 10.0. The fourth-order valence-corrected chi connectivity index (χ4v) is 8.72. The molecule has 0 spiro atoms. The van der Waals surface area contributed by atoms with Gasteiger partial charge in [0.2, 0.25) is 0 Å². The minimum absolute atomic E-state index is 0.648. The first kappa shape index (κ1) is 30.7. The Labute approximate surface area is 316 Å². The van der Waals surface area contributed by atoms with Crippen molar-refractivity contribution in [2.75, 3.05) is 0 Å². The van der Waals surface area contributed by atoms with E-state index in [1.54, 1.807) is 0 Å². The van der Waals surface area contributed by atoms with Gasteiger partial charge in [0.05, 0.1) is 56.4 Å². The van der Waals surface area contributed by atoms with Crippen LogP contribution in [0.2, 0.25) is 0 Å². The third-order valence-electron chi connectivity index (χ3n) is 11.0. The van der Waals surface area contributed by atoms with Crippen LogP contribution >= 0.6 is 0 Å². The number of rotatable bonds is 4. The summed E-state index contributed by atoms with van der Waals surface area (Å²) in [6.45, 7) is 0. The van der Waals surface area contributed by atoms with Gasteiger partial charge in [0.1, 0.15) is 0 Å². The minimum atomic E-state index is 0.648. The van der Waals surface area contributed by atoms with E-state index < -0.39 is 0 Å². The van der Waals surface area contributed by atoms with Crippen molar-refractivity contribution in [2.24, 2.45) is 0 Å². The van der Waals surface area contributed by atoms with Crippen molar-refractivity contribution in [1.29, 1.82) is 10.5 Å². The van der Waals surface area contributed by atoms with E-state index in [0.717, 1.165) is 82.8 Å². The summed E-state index contributed by atoms with van der Waals surface area (Å²) in [6, 6.07) is 66.1. The van der Waals surface area contributed by atoms with Crippen molar-refractivity contribution in [3.63, 3.8) is 0 Å². The number of nitriles is 2. The highest BCUT2D eigenvalue weighted by atomic mass is 15.0. The molecule has 11 rings (SSSR count). The van der Waals surface area contributed by atoms with Crippen LogP contribution < -0.4 is 0 Å². The molecule has 0 N–H and O–H groups in total. The Bertz CT molecular complexity index is 3450. The molecule has 0 radical (unpaired) electrons. The van der Waals surface area contributed by atoms with Crippen molar-refractivity contribution in [2.45, 2.75) is 0 Å². The molecule has 8 aromatic carbocycles. The highest BCUT2D eigenvalue weighted by molar-refractivity contribution is 6.26. The first-order valence-corrected chi connectivity index (χ1v) is 18.3. The highest BCUT2D eigenvalue weighted by Gasteiger charge is 2.21. The van der Waals surface area contributed by atoms with Crippen LogP contribution in [0.5, 0.6) is 0 Å². The molecule has 5 heteroatoms. The maximum absolute atomic E-state index is 9.83. The zero-order valence-corrected chi connectivity index (χ0v) is 29.5. The normalized spacial score (nSPS) is 11.6. The van der Waals surface area contributed by atoms with Gasteiger partial charge in [-0.1, -0.05) is 84.9 Å². The number of benzene rings is 8. The van der Waals surface area contributed by atoms with Gasteiger partial charge < -0.3 is 13.7 Å². The second-order valence-electron chi connectivity index (χ2n) is 14.0. The van der Waals surface area contributed by atoms with Crippen molar-refractivity contribution < 1.29 is 0 Å². The maximum atomic E-state index is 9.83. The van der Waals surface area contributed by atoms with Crippen LogP contribution in [0, 0.1) is 22.7 Å². The summed E-state index contributed by atoms with van der Waals surface area (Å²) < 4.78 is 7.02. The lowest BCUT2D eigenvalue weighted by molar-refractivity contribution is 1.17. The molecule has 0 atom stereocenters. The largest absolute Gasteiger partial charge is 0.309 e. The summed E-state index contributed by atoms with van der Waals surface area (Å²) in [5.41, 5.74) is 13.3. The Morgan fingerprint density at radius 1 is 0.327 bits per heavy atom. The Kier molecular flexibility index (Phi) is 6.61. The SMILES string of the molecule is N#Cc1ccc2c(c1)c1ccccc1n2-c1cccc(-c2cccc(-n3c4ccccc4c4c3ccc3c5cc(C#N)ccc5n(-c5ccccc5)c34)c2)c1. The molecule has 0 amide bonds. The lowest BCUT2D eigenvalue weighted by Crippen LogP contribution is -1.96. The number of nitrogens with zero attached hydrogens (tertiary/aromatic N) is 5. The van der Waals surface area contributed by atoms with Crippen LogP contribution in [0.15, 0.2) is 176 Å². The smallest absolute Gasteiger partial charge is 0.0991 e. The summed E-state index contributed by atoms with van der Waals surface area (Å²) in [5, 5.41) is 26.2. The summed E-state index contributed by atoms with van der Waals surface area (Å²) in [6.07, 6.45) is 0. The number of fused-ring (bicyclic) bond motifs is 10. The predicted molar refractivity (Wildman–Crippen MR) is 224 cm³/mol. The van der Waals surface area contributed by atoms with Crippen LogP contribution in [0.25, 0.3) is 93.6 Å². The van der Waals surface area contributed by atoms with Gasteiger partial charge in [0.15, 0.2) is 0 Å². The fraction of sp³-hybridized carbons (Fsp3) is 0. The Morgan fingerprint density at radius 3 is 1.47 bits per heavy atom. The topological polar surface area (TPSA) is 62.4 Å². The standard InChI is InChI=1S/C50H29N5/c51-30-32-20-23-46-42(26-32)39-16-4-6-18-44(39)53(46)37-14-8-10-34(28-37)35-11-9-15-38(29-35)54-45-19-7-5-17-41(45)49-48(54)25-22-40-43-27-33(31-52)21-24-47(43)55(50(40)49)36-12-2-1-3-13-36/h1-29H. The third-order valence-corrected chi connectivity index (χ3v) is 11.0.